The van der Waals surface area contributed by atoms with Gasteiger partial charge in [-0.15, -0.1) is 12.4 Å². The van der Waals surface area contributed by atoms with Gasteiger partial charge in [0.15, 0.2) is 0 Å². The van der Waals surface area contributed by atoms with Crippen LogP contribution in [0.15, 0.2) is 24.3 Å². The van der Waals surface area contributed by atoms with Gasteiger partial charge in [0.1, 0.15) is 0 Å². The normalized spacial score (nSPS) is 11.5. The van der Waals surface area contributed by atoms with Crippen LogP contribution >= 0.6 is 12.4 Å². The van der Waals surface area contributed by atoms with Gasteiger partial charge in [0.2, 0.25) is 5.91 Å². The van der Waals surface area contributed by atoms with Gasteiger partial charge < -0.3 is 15.8 Å². The van der Waals surface area contributed by atoms with E-state index in [0.29, 0.717) is 13.0 Å². The van der Waals surface area contributed by atoms with E-state index in [1.165, 1.54) is 0 Å². The third-order valence-corrected chi connectivity index (χ3v) is 2.28. The number of methoxy groups -OCH3 is 1. The van der Waals surface area contributed by atoms with E-state index in [1.54, 1.807) is 7.11 Å². The molecule has 0 radical (unpaired) electrons. The number of hydrogen-bond acceptors (Lipinski definition) is 3. The Morgan fingerprint density at radius 2 is 2.24 bits per heavy atom. The first-order valence-electron chi connectivity index (χ1n) is 5.31. The second-order valence-corrected chi connectivity index (χ2v) is 3.64. The maximum absolute atomic E-state index is 11.5. The van der Waals surface area contributed by atoms with Crippen LogP contribution in [0.2, 0.25) is 0 Å². The summed E-state index contributed by atoms with van der Waals surface area (Å²) in [6, 6.07) is 7.08. The first-order valence-corrected chi connectivity index (χ1v) is 5.31. The summed E-state index contributed by atoms with van der Waals surface area (Å²) >= 11 is 0. The van der Waals surface area contributed by atoms with Gasteiger partial charge in [0.25, 0.3) is 0 Å². The molecule has 0 aliphatic carbocycles. The molecule has 17 heavy (non-hydrogen) atoms. The number of amides is 1. The number of carbonyl (C=O) groups is 1. The van der Waals surface area contributed by atoms with Crippen molar-refractivity contribution in [1.82, 2.24) is 0 Å². The number of hydrogen-bond donors (Lipinski definition) is 2. The fraction of sp³-hybridized carbons (Fsp3) is 0.417. The predicted molar refractivity (Wildman–Crippen MR) is 71.3 cm³/mol. The largest absolute Gasteiger partial charge is 0.380 e. The second-order valence-electron chi connectivity index (χ2n) is 3.64. The lowest BCUT2D eigenvalue weighted by atomic mass is 10.2. The highest BCUT2D eigenvalue weighted by Gasteiger charge is 2.10. The molecular weight excluding hydrogens is 240 g/mol. The van der Waals surface area contributed by atoms with Gasteiger partial charge in [-0.25, -0.2) is 0 Å². The summed E-state index contributed by atoms with van der Waals surface area (Å²) in [5.41, 5.74) is 7.40. The van der Waals surface area contributed by atoms with Crippen LogP contribution in [-0.4, -0.2) is 19.1 Å². The highest BCUT2D eigenvalue weighted by molar-refractivity contribution is 5.94. The summed E-state index contributed by atoms with van der Waals surface area (Å²) in [6.07, 6.45) is 0.629. The Morgan fingerprint density at radius 1 is 1.53 bits per heavy atom. The standard InChI is InChI=1S/C12H18N2O2.ClH/c1-3-11(13)12(15)14-10-6-4-5-9(7-10)8-16-2;/h4-7,11H,3,8,13H2,1-2H3,(H,14,15);1H/t11-;/m0./s1. The van der Waals surface area contributed by atoms with Crippen LogP contribution in [0.1, 0.15) is 18.9 Å². The molecule has 1 aromatic rings. The van der Waals surface area contributed by atoms with Crippen molar-refractivity contribution in [3.8, 4) is 0 Å². The second kappa shape index (κ2) is 8.06. The minimum atomic E-state index is -0.453. The number of carbonyl (C=O) groups excluding carboxylic acids is 1. The number of benzene rings is 1. The van der Waals surface area contributed by atoms with Crippen LogP contribution in [0.5, 0.6) is 0 Å². The Bertz CT molecular complexity index is 358. The van der Waals surface area contributed by atoms with Crippen LogP contribution in [0.3, 0.4) is 0 Å². The fourth-order valence-corrected chi connectivity index (χ4v) is 1.33. The van der Waals surface area contributed by atoms with Crippen molar-refractivity contribution in [2.24, 2.45) is 5.73 Å². The maximum Gasteiger partial charge on any atom is 0.241 e. The molecule has 0 saturated carbocycles. The summed E-state index contributed by atoms with van der Waals surface area (Å²) < 4.78 is 5.02. The van der Waals surface area contributed by atoms with E-state index in [0.717, 1.165) is 11.3 Å². The van der Waals surface area contributed by atoms with Crippen molar-refractivity contribution >= 4 is 24.0 Å². The molecule has 0 fully saturated rings. The average Bonchev–Trinajstić information content (AvgIpc) is 2.29. The lowest BCUT2D eigenvalue weighted by Gasteiger charge is -2.10. The zero-order valence-corrected chi connectivity index (χ0v) is 10.9. The molecule has 0 unspecified atom stereocenters. The van der Waals surface area contributed by atoms with Gasteiger partial charge in [-0.3, -0.25) is 4.79 Å². The highest BCUT2D eigenvalue weighted by atomic mass is 35.5. The summed E-state index contributed by atoms with van der Waals surface area (Å²) in [5.74, 6) is -0.155. The molecule has 1 amide bonds. The Morgan fingerprint density at radius 3 is 2.82 bits per heavy atom. The van der Waals surface area contributed by atoms with Crippen molar-refractivity contribution in [2.45, 2.75) is 26.0 Å². The molecule has 4 nitrogen and oxygen atoms in total. The zero-order valence-electron chi connectivity index (χ0n) is 10.1. The van der Waals surface area contributed by atoms with E-state index in [9.17, 15) is 4.79 Å². The Hall–Kier alpha value is -1.10. The Labute approximate surface area is 108 Å². The monoisotopic (exact) mass is 258 g/mol. The topological polar surface area (TPSA) is 64.4 Å². The molecule has 0 aliphatic heterocycles. The van der Waals surface area contributed by atoms with E-state index in [-0.39, 0.29) is 18.3 Å². The average molecular weight is 259 g/mol. The van der Waals surface area contributed by atoms with Crippen molar-refractivity contribution in [1.29, 1.82) is 0 Å². The van der Waals surface area contributed by atoms with Crippen LogP contribution in [-0.2, 0) is 16.1 Å². The summed E-state index contributed by atoms with van der Waals surface area (Å²) in [4.78, 5) is 11.5. The third kappa shape index (κ3) is 5.17. The molecular formula is C12H19ClN2O2. The van der Waals surface area contributed by atoms with E-state index in [4.69, 9.17) is 10.5 Å². The lowest BCUT2D eigenvalue weighted by molar-refractivity contribution is -0.117. The van der Waals surface area contributed by atoms with Crippen molar-refractivity contribution in [3.05, 3.63) is 29.8 Å². The number of anilines is 1. The smallest absolute Gasteiger partial charge is 0.241 e. The Balaban J connectivity index is 0.00000256. The van der Waals surface area contributed by atoms with Crippen molar-refractivity contribution in [2.75, 3.05) is 12.4 Å². The molecule has 0 saturated heterocycles. The molecule has 0 bridgehead atoms. The molecule has 3 N–H and O–H groups in total. The van der Waals surface area contributed by atoms with Crippen molar-refractivity contribution in [3.63, 3.8) is 0 Å². The number of halogens is 1. The van der Waals surface area contributed by atoms with Crippen LogP contribution < -0.4 is 11.1 Å². The number of ether oxygens (including phenoxy) is 1. The predicted octanol–water partition coefficient (Wildman–Crippen LogP) is 1.93. The fourth-order valence-electron chi connectivity index (χ4n) is 1.33. The molecule has 0 aliphatic rings. The molecule has 1 aromatic carbocycles. The zero-order chi connectivity index (χ0) is 12.0. The highest BCUT2D eigenvalue weighted by Crippen LogP contribution is 2.11. The molecule has 0 aromatic heterocycles. The molecule has 5 heteroatoms. The van der Waals surface area contributed by atoms with Gasteiger partial charge >= 0.3 is 0 Å². The quantitative estimate of drug-likeness (QED) is 0.848. The van der Waals surface area contributed by atoms with E-state index in [1.807, 2.05) is 31.2 Å². The first kappa shape index (κ1) is 15.9. The number of rotatable bonds is 5. The van der Waals surface area contributed by atoms with Gasteiger partial charge in [-0.05, 0) is 24.1 Å². The van der Waals surface area contributed by atoms with Crippen LogP contribution in [0.25, 0.3) is 0 Å². The van der Waals surface area contributed by atoms with Gasteiger partial charge in [-0.1, -0.05) is 19.1 Å². The maximum atomic E-state index is 11.5. The minimum Gasteiger partial charge on any atom is -0.380 e. The Kier molecular flexibility index (Phi) is 7.54. The first-order chi connectivity index (χ1) is 7.67. The number of nitrogens with one attached hydrogen (secondary N) is 1. The van der Waals surface area contributed by atoms with E-state index < -0.39 is 6.04 Å². The molecule has 0 heterocycles. The van der Waals surface area contributed by atoms with E-state index in [2.05, 4.69) is 5.32 Å². The molecule has 96 valence electrons. The van der Waals surface area contributed by atoms with Gasteiger partial charge in [0.05, 0.1) is 12.6 Å². The summed E-state index contributed by atoms with van der Waals surface area (Å²) in [5, 5.41) is 2.77. The van der Waals surface area contributed by atoms with Gasteiger partial charge in [0, 0.05) is 12.8 Å². The summed E-state index contributed by atoms with van der Waals surface area (Å²) in [6.45, 7) is 2.41. The van der Waals surface area contributed by atoms with Crippen LogP contribution in [0, 0.1) is 0 Å². The molecule has 0 spiro atoms. The lowest BCUT2D eigenvalue weighted by Crippen LogP contribution is -2.34. The van der Waals surface area contributed by atoms with E-state index >= 15 is 0 Å². The summed E-state index contributed by atoms with van der Waals surface area (Å²) in [7, 11) is 1.64. The molecule has 1 atom stereocenters. The molecule has 1 rings (SSSR count). The SMILES string of the molecule is CC[C@H](N)C(=O)Nc1cccc(COC)c1.Cl. The van der Waals surface area contributed by atoms with Crippen molar-refractivity contribution < 1.29 is 9.53 Å². The number of nitrogens with two attached hydrogens (primary N) is 1. The van der Waals surface area contributed by atoms with Crippen LogP contribution in [0.4, 0.5) is 5.69 Å². The third-order valence-electron chi connectivity index (χ3n) is 2.28. The van der Waals surface area contributed by atoms with Gasteiger partial charge in [-0.2, -0.15) is 0 Å². The minimum absolute atomic E-state index is 0.